The number of nitriles is 1. The van der Waals surface area contributed by atoms with Crippen LogP contribution in [0, 0.1) is 18.3 Å². The van der Waals surface area contributed by atoms with Crippen LogP contribution in [0.2, 0.25) is 0 Å². The molecule has 2 heterocycles. The fourth-order valence-corrected chi connectivity index (χ4v) is 2.46. The minimum atomic E-state index is 0.184. The van der Waals surface area contributed by atoms with Gasteiger partial charge in [0.15, 0.2) is 0 Å². The van der Waals surface area contributed by atoms with E-state index in [4.69, 9.17) is 9.15 Å². The number of ether oxygens (including phenoxy) is 1. The Kier molecular flexibility index (Phi) is 3.89. The number of nitrogens with zero attached hydrogens (tertiary/aromatic N) is 2. The molecule has 1 aliphatic heterocycles. The number of anilines is 1. The van der Waals surface area contributed by atoms with Gasteiger partial charge in [-0.3, -0.25) is 0 Å². The molecule has 5 heteroatoms. The lowest BCUT2D eigenvalue weighted by atomic mass is 10.1. The molecule has 3 rings (SSSR count). The Hall–Kier alpha value is -2.32. The van der Waals surface area contributed by atoms with Gasteiger partial charge in [0.2, 0.25) is 17.5 Å². The molecule has 21 heavy (non-hydrogen) atoms. The monoisotopic (exact) mass is 283 g/mol. The zero-order valence-corrected chi connectivity index (χ0v) is 11.9. The molecule has 1 aliphatic rings. The Bertz CT molecular complexity index is 666. The Morgan fingerprint density at radius 3 is 3.00 bits per heavy atom. The first-order valence-corrected chi connectivity index (χ1v) is 7.10. The highest BCUT2D eigenvalue weighted by Crippen LogP contribution is 2.27. The zero-order chi connectivity index (χ0) is 14.7. The molecule has 0 saturated carbocycles. The van der Waals surface area contributed by atoms with Gasteiger partial charge >= 0.3 is 0 Å². The maximum absolute atomic E-state index is 9.20. The van der Waals surface area contributed by atoms with E-state index in [1.165, 1.54) is 0 Å². The number of rotatable bonds is 4. The topological polar surface area (TPSA) is 71.1 Å². The van der Waals surface area contributed by atoms with E-state index in [0.29, 0.717) is 18.3 Å². The predicted molar refractivity (Wildman–Crippen MR) is 78.9 cm³/mol. The van der Waals surface area contributed by atoms with Crippen molar-refractivity contribution >= 4 is 5.88 Å². The Balaban J connectivity index is 1.81. The summed E-state index contributed by atoms with van der Waals surface area (Å²) in [4.78, 5) is 4.27. The van der Waals surface area contributed by atoms with E-state index in [2.05, 4.69) is 16.4 Å². The third-order valence-corrected chi connectivity index (χ3v) is 3.62. The van der Waals surface area contributed by atoms with E-state index in [1.807, 2.05) is 31.2 Å². The summed E-state index contributed by atoms with van der Waals surface area (Å²) >= 11 is 0. The quantitative estimate of drug-likeness (QED) is 0.933. The molecular formula is C16H17N3O2. The van der Waals surface area contributed by atoms with Gasteiger partial charge in [0.25, 0.3) is 0 Å². The summed E-state index contributed by atoms with van der Waals surface area (Å²) in [5.41, 5.74) is 2.25. The molecule has 1 aromatic heterocycles. The van der Waals surface area contributed by atoms with Crippen LogP contribution in [-0.4, -0.2) is 24.2 Å². The minimum Gasteiger partial charge on any atom is -0.419 e. The number of aromatic nitrogens is 1. The summed E-state index contributed by atoms with van der Waals surface area (Å²) in [5.74, 6) is 0.894. The van der Waals surface area contributed by atoms with Crippen molar-refractivity contribution < 1.29 is 9.15 Å². The molecular weight excluding hydrogens is 266 g/mol. The van der Waals surface area contributed by atoms with E-state index in [0.717, 1.165) is 30.6 Å². The average Bonchev–Trinajstić information content (AvgIpc) is 3.14. The summed E-state index contributed by atoms with van der Waals surface area (Å²) in [7, 11) is 0. The van der Waals surface area contributed by atoms with Crippen LogP contribution in [0.15, 0.2) is 28.7 Å². The number of oxazole rings is 1. The third-order valence-electron chi connectivity index (χ3n) is 3.62. The van der Waals surface area contributed by atoms with Gasteiger partial charge in [-0.15, -0.1) is 0 Å². The van der Waals surface area contributed by atoms with Crippen molar-refractivity contribution in [3.63, 3.8) is 0 Å². The summed E-state index contributed by atoms with van der Waals surface area (Å²) in [6.07, 6.45) is 2.30. The van der Waals surface area contributed by atoms with Crippen LogP contribution >= 0.6 is 0 Å². The Labute approximate surface area is 123 Å². The lowest BCUT2D eigenvalue weighted by molar-refractivity contribution is 0.120. The van der Waals surface area contributed by atoms with Gasteiger partial charge in [-0.2, -0.15) is 10.2 Å². The van der Waals surface area contributed by atoms with Crippen molar-refractivity contribution in [2.75, 3.05) is 18.5 Å². The molecule has 0 bridgehead atoms. The van der Waals surface area contributed by atoms with Crippen LogP contribution in [0.4, 0.5) is 5.88 Å². The van der Waals surface area contributed by atoms with Crippen molar-refractivity contribution in [1.82, 2.24) is 4.98 Å². The maximum Gasteiger partial charge on any atom is 0.232 e. The second kappa shape index (κ2) is 5.98. The lowest BCUT2D eigenvalue weighted by Gasteiger charge is -2.09. The van der Waals surface area contributed by atoms with Crippen molar-refractivity contribution in [3.05, 3.63) is 35.5 Å². The minimum absolute atomic E-state index is 0.184. The van der Waals surface area contributed by atoms with Crippen molar-refractivity contribution in [2.24, 2.45) is 0 Å². The van der Waals surface area contributed by atoms with Crippen molar-refractivity contribution in [2.45, 2.75) is 25.9 Å². The smallest absolute Gasteiger partial charge is 0.232 e. The molecule has 1 fully saturated rings. The van der Waals surface area contributed by atoms with E-state index in [9.17, 15) is 5.26 Å². The second-order valence-corrected chi connectivity index (χ2v) is 5.14. The van der Waals surface area contributed by atoms with E-state index < -0.39 is 0 Å². The van der Waals surface area contributed by atoms with Gasteiger partial charge in [-0.1, -0.05) is 18.2 Å². The largest absolute Gasteiger partial charge is 0.419 e. The summed E-state index contributed by atoms with van der Waals surface area (Å²) in [6, 6.07) is 9.89. The average molecular weight is 283 g/mol. The second-order valence-electron chi connectivity index (χ2n) is 5.14. The molecule has 108 valence electrons. The number of hydrogen-bond donors (Lipinski definition) is 1. The molecule has 1 N–H and O–H groups in total. The molecule has 2 aromatic rings. The van der Waals surface area contributed by atoms with Gasteiger partial charge in [0.05, 0.1) is 6.10 Å². The molecule has 1 atom stereocenters. The van der Waals surface area contributed by atoms with Crippen molar-refractivity contribution in [1.29, 1.82) is 5.26 Å². The molecule has 5 nitrogen and oxygen atoms in total. The van der Waals surface area contributed by atoms with Gasteiger partial charge in [0.1, 0.15) is 6.07 Å². The fraction of sp³-hybridized carbons (Fsp3) is 0.375. The molecule has 0 amide bonds. The predicted octanol–water partition coefficient (Wildman–Crippen LogP) is 3.11. The van der Waals surface area contributed by atoms with E-state index in [1.54, 1.807) is 0 Å². The first-order chi connectivity index (χ1) is 10.3. The standard InChI is InChI=1S/C16H17N3O2/c1-11-5-2-3-7-13(11)15-19-14(9-17)16(21-15)18-10-12-6-4-8-20-12/h2-3,5,7,12,18H,4,6,8,10H2,1H3. The molecule has 1 aromatic carbocycles. The van der Waals surface area contributed by atoms with Crippen molar-refractivity contribution in [3.8, 4) is 17.5 Å². The van der Waals surface area contributed by atoms with Crippen LogP contribution in [0.3, 0.4) is 0 Å². The highest BCUT2D eigenvalue weighted by molar-refractivity contribution is 5.62. The fourth-order valence-electron chi connectivity index (χ4n) is 2.46. The van der Waals surface area contributed by atoms with Crippen LogP contribution in [0.5, 0.6) is 0 Å². The van der Waals surface area contributed by atoms with Crippen LogP contribution in [-0.2, 0) is 4.74 Å². The lowest BCUT2D eigenvalue weighted by Crippen LogP contribution is -2.18. The number of hydrogen-bond acceptors (Lipinski definition) is 5. The molecule has 1 unspecified atom stereocenters. The SMILES string of the molecule is Cc1ccccc1-c1nc(C#N)c(NCC2CCCO2)o1. The van der Waals surface area contributed by atoms with Gasteiger partial charge < -0.3 is 14.5 Å². The van der Waals surface area contributed by atoms with Gasteiger partial charge in [-0.05, 0) is 31.4 Å². The molecule has 0 spiro atoms. The zero-order valence-electron chi connectivity index (χ0n) is 11.9. The number of nitrogens with one attached hydrogen (secondary N) is 1. The third kappa shape index (κ3) is 2.91. The Morgan fingerprint density at radius 2 is 2.29 bits per heavy atom. The van der Waals surface area contributed by atoms with Gasteiger partial charge in [-0.25, -0.2) is 0 Å². The molecule has 0 aliphatic carbocycles. The van der Waals surface area contributed by atoms with Crippen LogP contribution in [0.25, 0.3) is 11.5 Å². The highest BCUT2D eigenvalue weighted by atomic mass is 16.5. The maximum atomic E-state index is 9.20. The van der Waals surface area contributed by atoms with E-state index >= 15 is 0 Å². The summed E-state index contributed by atoms with van der Waals surface area (Å²) < 4.78 is 11.3. The number of benzene rings is 1. The normalized spacial score (nSPS) is 17.6. The summed E-state index contributed by atoms with van der Waals surface area (Å²) in [6.45, 7) is 3.43. The first-order valence-electron chi connectivity index (χ1n) is 7.10. The van der Waals surface area contributed by atoms with E-state index in [-0.39, 0.29) is 11.8 Å². The van der Waals surface area contributed by atoms with Crippen LogP contribution < -0.4 is 5.32 Å². The van der Waals surface area contributed by atoms with Crippen LogP contribution in [0.1, 0.15) is 24.1 Å². The molecule has 1 saturated heterocycles. The first kappa shape index (κ1) is 13.7. The summed E-state index contributed by atoms with van der Waals surface area (Å²) in [5, 5.41) is 12.3. The van der Waals surface area contributed by atoms with Gasteiger partial charge in [0, 0.05) is 18.7 Å². The number of aryl methyl sites for hydroxylation is 1. The highest BCUT2D eigenvalue weighted by Gasteiger charge is 2.19. The molecule has 0 radical (unpaired) electrons. The Morgan fingerprint density at radius 1 is 1.43 bits per heavy atom.